The molecule has 0 radical (unpaired) electrons. The summed E-state index contributed by atoms with van der Waals surface area (Å²) >= 11 is 3.60. The van der Waals surface area contributed by atoms with Crippen LogP contribution < -0.4 is 5.32 Å². The molecular weight excluding hydrogens is 262 g/mol. The van der Waals surface area contributed by atoms with Crippen LogP contribution in [0, 0.1) is 13.8 Å². The van der Waals surface area contributed by atoms with Gasteiger partial charge in [-0.3, -0.25) is 0 Å². The zero-order valence-electron chi connectivity index (χ0n) is 10.5. The third-order valence-corrected chi connectivity index (χ3v) is 3.94. The molecule has 0 fully saturated rings. The van der Waals surface area contributed by atoms with E-state index >= 15 is 0 Å². The molecule has 0 aliphatic rings. The van der Waals surface area contributed by atoms with Crippen molar-refractivity contribution in [1.82, 2.24) is 5.32 Å². The topological polar surface area (TPSA) is 12.0 Å². The van der Waals surface area contributed by atoms with Crippen molar-refractivity contribution in [3.63, 3.8) is 0 Å². The van der Waals surface area contributed by atoms with Gasteiger partial charge in [0.25, 0.3) is 0 Å². The normalized spacial score (nSPS) is 12.6. The molecule has 1 unspecified atom stereocenters. The molecule has 0 amide bonds. The largest absolute Gasteiger partial charge is 0.307 e. The second-order valence-corrected chi connectivity index (χ2v) is 5.10. The molecule has 0 aliphatic heterocycles. The minimum absolute atomic E-state index is 0.260. The Morgan fingerprint density at radius 1 is 1.38 bits per heavy atom. The molecule has 0 bridgehead atoms. The molecule has 0 spiro atoms. The van der Waals surface area contributed by atoms with Crippen LogP contribution in [0.3, 0.4) is 0 Å². The highest BCUT2D eigenvalue weighted by Crippen LogP contribution is 2.28. The summed E-state index contributed by atoms with van der Waals surface area (Å²) in [5.74, 6) is 0. The van der Waals surface area contributed by atoms with Gasteiger partial charge in [-0.1, -0.05) is 47.1 Å². The van der Waals surface area contributed by atoms with Gasteiger partial charge in [0.2, 0.25) is 0 Å². The highest BCUT2D eigenvalue weighted by atomic mass is 79.9. The summed E-state index contributed by atoms with van der Waals surface area (Å²) in [4.78, 5) is 0. The Bertz CT molecular complexity index is 373. The molecule has 0 saturated heterocycles. The molecular formula is C14H20BrN. The van der Waals surface area contributed by atoms with Crippen molar-refractivity contribution in [2.45, 2.75) is 33.7 Å². The summed E-state index contributed by atoms with van der Waals surface area (Å²) in [6.45, 7) is 13.5. The second kappa shape index (κ2) is 5.65. The lowest BCUT2D eigenvalue weighted by Crippen LogP contribution is -2.21. The predicted octanol–water partition coefficient (Wildman–Crippen LogP) is 4.29. The zero-order chi connectivity index (χ0) is 12.3. The van der Waals surface area contributed by atoms with Gasteiger partial charge in [0, 0.05) is 4.47 Å². The average molecular weight is 282 g/mol. The Morgan fingerprint density at radius 2 is 1.88 bits per heavy atom. The summed E-state index contributed by atoms with van der Waals surface area (Å²) in [7, 11) is 0. The summed E-state index contributed by atoms with van der Waals surface area (Å²) in [6.07, 6.45) is 0. The molecule has 1 aromatic rings. The fourth-order valence-corrected chi connectivity index (χ4v) is 2.16. The smallest absolute Gasteiger partial charge is 0.0530 e. The first-order chi connectivity index (χ1) is 7.47. The third kappa shape index (κ3) is 2.96. The van der Waals surface area contributed by atoms with Gasteiger partial charge in [0.1, 0.15) is 0 Å². The second-order valence-electron chi connectivity index (χ2n) is 4.31. The maximum atomic E-state index is 4.06. The van der Waals surface area contributed by atoms with Gasteiger partial charge in [-0.05, 0) is 44.0 Å². The van der Waals surface area contributed by atoms with E-state index in [0.29, 0.717) is 0 Å². The molecule has 0 aromatic heterocycles. The van der Waals surface area contributed by atoms with E-state index in [-0.39, 0.29) is 6.04 Å². The van der Waals surface area contributed by atoms with Gasteiger partial charge in [0.05, 0.1) is 6.04 Å². The summed E-state index contributed by atoms with van der Waals surface area (Å²) in [5, 5.41) is 3.46. The average Bonchev–Trinajstić information content (AvgIpc) is 2.21. The lowest BCUT2D eigenvalue weighted by molar-refractivity contribution is 0.620. The molecule has 0 aliphatic carbocycles. The van der Waals surface area contributed by atoms with E-state index in [0.717, 1.165) is 12.1 Å². The molecule has 16 heavy (non-hydrogen) atoms. The Hall–Kier alpha value is -0.600. The first-order valence-electron chi connectivity index (χ1n) is 5.62. The number of likely N-dealkylation sites (N-methyl/N-ethyl adjacent to an activating group) is 1. The number of aryl methyl sites for hydroxylation is 2. The van der Waals surface area contributed by atoms with Gasteiger partial charge in [0.15, 0.2) is 0 Å². The van der Waals surface area contributed by atoms with E-state index in [1.165, 1.54) is 21.2 Å². The van der Waals surface area contributed by atoms with Crippen molar-refractivity contribution in [1.29, 1.82) is 0 Å². The summed E-state index contributed by atoms with van der Waals surface area (Å²) in [5.41, 5.74) is 5.01. The van der Waals surface area contributed by atoms with Crippen LogP contribution >= 0.6 is 15.9 Å². The van der Waals surface area contributed by atoms with Crippen molar-refractivity contribution in [3.05, 3.63) is 45.4 Å². The van der Waals surface area contributed by atoms with E-state index < -0.39 is 0 Å². The maximum Gasteiger partial charge on any atom is 0.0530 e. The van der Waals surface area contributed by atoms with Crippen LogP contribution in [-0.2, 0) is 0 Å². The highest BCUT2D eigenvalue weighted by molar-refractivity contribution is 9.10. The van der Waals surface area contributed by atoms with E-state index in [9.17, 15) is 0 Å². The molecule has 2 heteroatoms. The van der Waals surface area contributed by atoms with Crippen LogP contribution in [0.5, 0.6) is 0 Å². The van der Waals surface area contributed by atoms with Crippen molar-refractivity contribution < 1.29 is 0 Å². The molecule has 1 atom stereocenters. The molecule has 1 nitrogen and oxygen atoms in total. The Kier molecular flexibility index (Phi) is 4.75. The predicted molar refractivity (Wildman–Crippen MR) is 74.8 cm³/mol. The van der Waals surface area contributed by atoms with Gasteiger partial charge < -0.3 is 5.32 Å². The van der Waals surface area contributed by atoms with E-state index in [2.05, 4.69) is 67.7 Å². The summed E-state index contributed by atoms with van der Waals surface area (Å²) in [6, 6.07) is 4.70. The van der Waals surface area contributed by atoms with Gasteiger partial charge in [-0.15, -0.1) is 0 Å². The molecule has 0 heterocycles. The van der Waals surface area contributed by atoms with E-state index in [4.69, 9.17) is 0 Å². The molecule has 88 valence electrons. The Morgan fingerprint density at radius 3 is 2.25 bits per heavy atom. The van der Waals surface area contributed by atoms with Crippen LogP contribution in [0.25, 0.3) is 0 Å². The Labute approximate surface area is 107 Å². The van der Waals surface area contributed by atoms with Crippen molar-refractivity contribution in [3.8, 4) is 0 Å². The van der Waals surface area contributed by atoms with Gasteiger partial charge >= 0.3 is 0 Å². The maximum absolute atomic E-state index is 4.06. The molecule has 1 aromatic carbocycles. The van der Waals surface area contributed by atoms with Crippen LogP contribution in [0.1, 0.15) is 36.6 Å². The van der Waals surface area contributed by atoms with Crippen molar-refractivity contribution in [2.24, 2.45) is 0 Å². The quantitative estimate of drug-likeness (QED) is 0.812. The van der Waals surface area contributed by atoms with Gasteiger partial charge in [-0.2, -0.15) is 0 Å². The van der Waals surface area contributed by atoms with Crippen LogP contribution in [-0.4, -0.2) is 6.54 Å². The zero-order valence-corrected chi connectivity index (χ0v) is 12.1. The minimum atomic E-state index is 0.260. The third-order valence-electron chi connectivity index (χ3n) is 2.69. The monoisotopic (exact) mass is 281 g/mol. The number of nitrogens with one attached hydrogen (secondary N) is 1. The molecule has 0 saturated carbocycles. The van der Waals surface area contributed by atoms with E-state index in [1.807, 2.05) is 0 Å². The first kappa shape index (κ1) is 13.5. The number of benzene rings is 1. The van der Waals surface area contributed by atoms with Crippen LogP contribution in [0.2, 0.25) is 0 Å². The lowest BCUT2D eigenvalue weighted by Gasteiger charge is -2.20. The fourth-order valence-electron chi connectivity index (χ4n) is 1.93. The highest BCUT2D eigenvalue weighted by Gasteiger charge is 2.12. The van der Waals surface area contributed by atoms with Crippen LogP contribution in [0.4, 0.5) is 0 Å². The van der Waals surface area contributed by atoms with Crippen LogP contribution in [0.15, 0.2) is 28.8 Å². The number of rotatable bonds is 4. The van der Waals surface area contributed by atoms with E-state index in [1.54, 1.807) is 0 Å². The summed E-state index contributed by atoms with van der Waals surface area (Å²) < 4.78 is 1.20. The van der Waals surface area contributed by atoms with Gasteiger partial charge in [-0.25, -0.2) is 0 Å². The Balaban J connectivity index is 3.15. The SMILES string of the molecule is C=C(C)C(NCC)c1cc(C)c(Br)c(C)c1. The fraction of sp³-hybridized carbons (Fsp3) is 0.429. The lowest BCUT2D eigenvalue weighted by atomic mass is 9.97. The van der Waals surface area contributed by atoms with Crippen molar-refractivity contribution >= 4 is 15.9 Å². The number of halogens is 1. The molecule has 1 N–H and O–H groups in total. The minimum Gasteiger partial charge on any atom is -0.307 e. The number of hydrogen-bond donors (Lipinski definition) is 1. The number of hydrogen-bond acceptors (Lipinski definition) is 1. The van der Waals surface area contributed by atoms with Crippen molar-refractivity contribution in [2.75, 3.05) is 6.54 Å². The standard InChI is InChI=1S/C14H20BrN/c1-6-16-14(9(2)3)12-7-10(4)13(15)11(5)8-12/h7-8,14,16H,2,6H2,1,3-5H3. The first-order valence-corrected chi connectivity index (χ1v) is 6.42. The molecule has 1 rings (SSSR count).